The van der Waals surface area contributed by atoms with Gasteiger partial charge in [0, 0.05) is 11.6 Å². The molecule has 0 radical (unpaired) electrons. The molecule has 0 amide bonds. The van der Waals surface area contributed by atoms with Crippen LogP contribution in [0.2, 0.25) is 0 Å². The highest BCUT2D eigenvalue weighted by Crippen LogP contribution is 2.34. The molecule has 1 N–H and O–H groups in total. The van der Waals surface area contributed by atoms with Crippen molar-refractivity contribution in [3.8, 4) is 5.75 Å². The van der Waals surface area contributed by atoms with Gasteiger partial charge in [0.15, 0.2) is 10.9 Å². The molecule has 3 rings (SSSR count). The van der Waals surface area contributed by atoms with Crippen LogP contribution in [0.1, 0.15) is 47.8 Å². The molecule has 5 nitrogen and oxygen atoms in total. The van der Waals surface area contributed by atoms with Gasteiger partial charge in [-0.15, -0.1) is 0 Å². The molecular formula is C18H22N2O3S. The quantitative estimate of drug-likeness (QED) is 0.614. The minimum Gasteiger partial charge on any atom is -0.497 e. The number of nitrogens with zero attached hydrogens (tertiary/aromatic N) is 2. The molecule has 1 fully saturated rings. The summed E-state index contributed by atoms with van der Waals surface area (Å²) in [5, 5.41) is 10.4. The lowest BCUT2D eigenvalue weighted by molar-refractivity contribution is 0.102. The lowest BCUT2D eigenvalue weighted by Crippen LogP contribution is -2.11. The summed E-state index contributed by atoms with van der Waals surface area (Å²) in [7, 11) is 1.59. The number of aliphatic hydroxyl groups is 1. The average Bonchev–Trinajstić information content (AvgIpc) is 3.28. The van der Waals surface area contributed by atoms with Crippen molar-refractivity contribution >= 4 is 17.5 Å². The number of ether oxygens (including phenoxy) is 1. The Morgan fingerprint density at radius 3 is 2.92 bits per heavy atom. The summed E-state index contributed by atoms with van der Waals surface area (Å²) in [5.74, 6) is 1.05. The highest BCUT2D eigenvalue weighted by atomic mass is 32.2. The first kappa shape index (κ1) is 17.0. The van der Waals surface area contributed by atoms with Crippen molar-refractivity contribution in [1.82, 2.24) is 9.55 Å². The Hall–Kier alpha value is -1.79. The number of carbonyl (C=O) groups is 1. The van der Waals surface area contributed by atoms with Crippen LogP contribution in [0.4, 0.5) is 0 Å². The predicted molar refractivity (Wildman–Crippen MR) is 93.7 cm³/mol. The smallest absolute Gasteiger partial charge is 0.173 e. The molecule has 24 heavy (non-hydrogen) atoms. The Morgan fingerprint density at radius 2 is 2.21 bits per heavy atom. The van der Waals surface area contributed by atoms with Crippen LogP contribution in [-0.4, -0.2) is 33.3 Å². The molecule has 0 saturated heterocycles. The predicted octanol–water partition coefficient (Wildman–Crippen LogP) is 3.47. The maximum atomic E-state index is 12.4. The topological polar surface area (TPSA) is 64.3 Å². The molecule has 1 aromatic carbocycles. The number of aliphatic hydroxyl groups excluding tert-OH is 1. The molecule has 1 heterocycles. The van der Waals surface area contributed by atoms with E-state index in [1.807, 2.05) is 12.1 Å². The van der Waals surface area contributed by atoms with E-state index in [1.54, 1.807) is 25.4 Å². The second kappa shape index (κ2) is 7.85. The minimum absolute atomic E-state index is 0.0199. The normalized spacial score (nSPS) is 14.9. The van der Waals surface area contributed by atoms with Crippen LogP contribution in [0.3, 0.4) is 0 Å². The summed E-state index contributed by atoms with van der Waals surface area (Å²) >= 11 is 1.44. The summed E-state index contributed by atoms with van der Waals surface area (Å²) in [5.41, 5.74) is 1.47. The first-order valence-corrected chi connectivity index (χ1v) is 9.18. The number of thioether (sulfide) groups is 1. The number of ketones is 1. The van der Waals surface area contributed by atoms with E-state index in [2.05, 4.69) is 9.55 Å². The third-order valence-corrected chi connectivity index (χ3v) is 5.38. The average molecular weight is 346 g/mol. The maximum Gasteiger partial charge on any atom is 0.173 e. The summed E-state index contributed by atoms with van der Waals surface area (Å²) in [6.45, 7) is -0.0199. The van der Waals surface area contributed by atoms with Crippen molar-refractivity contribution in [2.75, 3.05) is 12.9 Å². The monoisotopic (exact) mass is 346 g/mol. The van der Waals surface area contributed by atoms with Crippen molar-refractivity contribution in [3.63, 3.8) is 0 Å². The molecular weight excluding hydrogens is 324 g/mol. The number of hydrogen-bond acceptors (Lipinski definition) is 5. The maximum absolute atomic E-state index is 12.4. The van der Waals surface area contributed by atoms with E-state index in [0.29, 0.717) is 23.1 Å². The number of Topliss-reactive ketones (excluding diaryl/α,β-unsaturated/α-hetero) is 1. The lowest BCUT2D eigenvalue weighted by atomic mass is 10.1. The summed E-state index contributed by atoms with van der Waals surface area (Å²) in [4.78, 5) is 16.9. The van der Waals surface area contributed by atoms with Crippen LogP contribution in [-0.2, 0) is 6.61 Å². The lowest BCUT2D eigenvalue weighted by Gasteiger charge is -2.17. The van der Waals surface area contributed by atoms with Crippen molar-refractivity contribution in [1.29, 1.82) is 0 Å². The Morgan fingerprint density at radius 1 is 1.42 bits per heavy atom. The molecule has 0 atom stereocenters. The van der Waals surface area contributed by atoms with Gasteiger partial charge in [-0.2, -0.15) is 0 Å². The van der Waals surface area contributed by atoms with E-state index in [9.17, 15) is 9.90 Å². The van der Waals surface area contributed by atoms with Gasteiger partial charge in [0.1, 0.15) is 5.75 Å². The fraction of sp³-hybridized carbons (Fsp3) is 0.444. The van der Waals surface area contributed by atoms with Gasteiger partial charge in [-0.3, -0.25) is 4.79 Å². The summed E-state index contributed by atoms with van der Waals surface area (Å²) in [6, 6.07) is 7.59. The number of aromatic nitrogens is 2. The molecule has 6 heteroatoms. The Labute approximate surface area is 146 Å². The third kappa shape index (κ3) is 3.65. The first-order valence-electron chi connectivity index (χ1n) is 8.20. The van der Waals surface area contributed by atoms with E-state index >= 15 is 0 Å². The fourth-order valence-corrected chi connectivity index (χ4v) is 4.12. The van der Waals surface area contributed by atoms with E-state index < -0.39 is 0 Å². The van der Waals surface area contributed by atoms with Gasteiger partial charge in [0.25, 0.3) is 0 Å². The van der Waals surface area contributed by atoms with Crippen molar-refractivity contribution in [2.24, 2.45) is 0 Å². The molecule has 1 saturated carbocycles. The Kier molecular flexibility index (Phi) is 5.58. The number of hydrogen-bond donors (Lipinski definition) is 1. The van der Waals surface area contributed by atoms with Crippen LogP contribution < -0.4 is 4.74 Å². The number of carbonyl (C=O) groups excluding carboxylic acids is 1. The molecule has 2 aromatic rings. The zero-order valence-corrected chi connectivity index (χ0v) is 14.6. The van der Waals surface area contributed by atoms with Gasteiger partial charge in [-0.05, 0) is 25.0 Å². The van der Waals surface area contributed by atoms with E-state index in [1.165, 1.54) is 24.6 Å². The first-order chi connectivity index (χ1) is 11.7. The zero-order chi connectivity index (χ0) is 16.9. The van der Waals surface area contributed by atoms with E-state index in [4.69, 9.17) is 4.74 Å². The molecule has 1 aliphatic rings. The number of benzene rings is 1. The Bertz CT molecular complexity index is 708. The van der Waals surface area contributed by atoms with Gasteiger partial charge in [-0.25, -0.2) is 4.98 Å². The van der Waals surface area contributed by atoms with Gasteiger partial charge in [0.2, 0.25) is 0 Å². The van der Waals surface area contributed by atoms with Gasteiger partial charge >= 0.3 is 0 Å². The van der Waals surface area contributed by atoms with Gasteiger partial charge < -0.3 is 14.4 Å². The molecule has 0 aliphatic heterocycles. The molecule has 1 aromatic heterocycles. The molecule has 0 spiro atoms. The summed E-state index contributed by atoms with van der Waals surface area (Å²) < 4.78 is 7.29. The number of rotatable bonds is 7. The van der Waals surface area contributed by atoms with E-state index in [0.717, 1.165) is 23.7 Å². The number of methoxy groups -OCH3 is 1. The van der Waals surface area contributed by atoms with Crippen molar-refractivity contribution in [2.45, 2.75) is 43.5 Å². The largest absolute Gasteiger partial charge is 0.497 e. The Balaban J connectivity index is 1.72. The van der Waals surface area contributed by atoms with Gasteiger partial charge in [0.05, 0.1) is 31.4 Å². The molecule has 1 aliphatic carbocycles. The second-order valence-corrected chi connectivity index (χ2v) is 6.88. The van der Waals surface area contributed by atoms with Crippen LogP contribution in [0.25, 0.3) is 0 Å². The molecule has 0 bridgehead atoms. The molecule has 0 unspecified atom stereocenters. The SMILES string of the molecule is COc1cccc(C(=O)CSc2ncc(CO)n2C2CCCC2)c1. The van der Waals surface area contributed by atoms with Crippen LogP contribution in [0.15, 0.2) is 35.6 Å². The van der Waals surface area contributed by atoms with Crippen LogP contribution >= 0.6 is 11.8 Å². The molecule has 128 valence electrons. The fourth-order valence-electron chi connectivity index (χ4n) is 3.16. The van der Waals surface area contributed by atoms with Crippen LogP contribution in [0, 0.1) is 0 Å². The minimum atomic E-state index is -0.0199. The van der Waals surface area contributed by atoms with Crippen LogP contribution in [0.5, 0.6) is 5.75 Å². The second-order valence-electron chi connectivity index (χ2n) is 5.94. The highest BCUT2D eigenvalue weighted by Gasteiger charge is 2.23. The van der Waals surface area contributed by atoms with Crippen molar-refractivity contribution in [3.05, 3.63) is 41.7 Å². The zero-order valence-electron chi connectivity index (χ0n) is 13.8. The number of imidazole rings is 1. The highest BCUT2D eigenvalue weighted by molar-refractivity contribution is 7.99. The summed E-state index contributed by atoms with van der Waals surface area (Å²) in [6.07, 6.45) is 6.36. The van der Waals surface area contributed by atoms with E-state index in [-0.39, 0.29) is 12.4 Å². The third-order valence-electron chi connectivity index (χ3n) is 4.42. The van der Waals surface area contributed by atoms with Gasteiger partial charge in [-0.1, -0.05) is 36.7 Å². The standard InChI is InChI=1S/C18H22N2O3S/c1-23-16-8-4-5-13(9-16)17(22)12-24-18-19-10-15(11-21)20(18)14-6-2-3-7-14/h4-5,8-10,14,21H,2-3,6-7,11-12H2,1H3. The van der Waals surface area contributed by atoms with Crippen molar-refractivity contribution < 1.29 is 14.6 Å².